The Bertz CT molecular complexity index is 1500. The number of carbonyl (C=O) groups is 4. The number of alkyl halides is 3. The van der Waals surface area contributed by atoms with Crippen LogP contribution < -0.4 is 20.9 Å². The topological polar surface area (TPSA) is 152 Å². The van der Waals surface area contributed by atoms with Crippen molar-refractivity contribution in [3.05, 3.63) is 72.1 Å². The molecule has 1 aromatic carbocycles. The molecule has 1 aliphatic rings. The van der Waals surface area contributed by atoms with Crippen molar-refractivity contribution in [1.29, 1.82) is 0 Å². The number of carbonyl (C=O) groups excluding carboxylic acids is 4. The van der Waals surface area contributed by atoms with Gasteiger partial charge in [-0.25, -0.2) is 29.3 Å². The van der Waals surface area contributed by atoms with E-state index in [1.165, 1.54) is 63.0 Å². The lowest BCUT2D eigenvalue weighted by atomic mass is 9.70. The van der Waals surface area contributed by atoms with Crippen LogP contribution in [0, 0.1) is 0 Å². The second-order valence-electron chi connectivity index (χ2n) is 9.61. The predicted octanol–water partition coefficient (Wildman–Crippen LogP) is 5.85. The Morgan fingerprint density at radius 2 is 1.36 bits per heavy atom. The number of urea groups is 1. The average Bonchev–Trinajstić information content (AvgIpc) is 3.26. The molecule has 44 heavy (non-hydrogen) atoms. The molecule has 232 valence electrons. The largest absolute Gasteiger partial charge is 0.453 e. The highest BCUT2D eigenvalue weighted by molar-refractivity contribution is 8.00. The Morgan fingerprint density at radius 1 is 0.886 bits per heavy atom. The minimum Gasteiger partial charge on any atom is -0.453 e. The van der Waals surface area contributed by atoms with Crippen LogP contribution in [0.1, 0.15) is 36.8 Å². The summed E-state index contributed by atoms with van der Waals surface area (Å²) >= 11 is -0.322. The van der Waals surface area contributed by atoms with Gasteiger partial charge in [-0.2, -0.15) is 13.2 Å². The molecule has 0 saturated carbocycles. The summed E-state index contributed by atoms with van der Waals surface area (Å²) in [5.41, 5.74) is -5.11. The lowest BCUT2D eigenvalue weighted by Gasteiger charge is -2.39. The fraction of sp³-hybridized carbons (Fsp3) is 0.286. The second kappa shape index (κ2) is 12.8. The molecule has 1 saturated heterocycles. The van der Waals surface area contributed by atoms with Crippen LogP contribution in [0.4, 0.5) is 44.9 Å². The van der Waals surface area contributed by atoms with Crippen LogP contribution in [-0.4, -0.2) is 59.4 Å². The summed E-state index contributed by atoms with van der Waals surface area (Å²) in [6, 6.07) is 10.3. The fourth-order valence-corrected chi connectivity index (χ4v) is 5.50. The molecule has 0 spiro atoms. The van der Waals surface area contributed by atoms with Gasteiger partial charge in [-0.3, -0.25) is 15.4 Å². The smallest absolute Gasteiger partial charge is 0.446 e. The molecule has 12 nitrogen and oxygen atoms in total. The number of thioether (sulfide) groups is 1. The maximum atomic E-state index is 14.4. The number of methoxy groups -OCH3 is 2. The Labute approximate surface area is 253 Å². The molecule has 16 heteroatoms. The average molecular weight is 633 g/mol. The Morgan fingerprint density at radius 3 is 1.80 bits per heavy atom. The molecule has 0 bridgehead atoms. The number of hydrogen-bond acceptors (Lipinski definition) is 9. The molecule has 4 rings (SSSR count). The van der Waals surface area contributed by atoms with Gasteiger partial charge in [0.05, 0.1) is 19.9 Å². The van der Waals surface area contributed by atoms with Crippen molar-refractivity contribution < 1.29 is 41.8 Å². The highest BCUT2D eigenvalue weighted by Crippen LogP contribution is 2.45. The standard InChI is InChI=1S/C28H27F3N6O6S/c1-15(17-9-11-32-21(13-17)34-25(40)42-3)27(16(2)18-10-12-33-22(14-18)35-26(41)43-4)23(38)37(24(39)36-27)19-5-7-20(8-6-19)44-28(29,30)31/h5-16H,1-4H3,(H,36,39)(H,32,34,40)(H,33,35,41). The number of hydrogen-bond donors (Lipinski definition) is 3. The lowest BCUT2D eigenvalue weighted by Crippen LogP contribution is -2.55. The molecule has 0 radical (unpaired) electrons. The number of benzene rings is 1. The number of pyridine rings is 2. The number of halogens is 3. The van der Waals surface area contributed by atoms with Crippen LogP contribution >= 0.6 is 11.8 Å². The Kier molecular flexibility index (Phi) is 9.32. The van der Waals surface area contributed by atoms with Crippen molar-refractivity contribution in [2.24, 2.45) is 0 Å². The Hall–Kier alpha value is -4.86. The van der Waals surface area contributed by atoms with Crippen molar-refractivity contribution in [3.8, 4) is 0 Å². The summed E-state index contributed by atoms with van der Waals surface area (Å²) in [6.07, 6.45) is 1.29. The van der Waals surface area contributed by atoms with Gasteiger partial charge in [-0.15, -0.1) is 0 Å². The minimum atomic E-state index is -4.51. The first kappa shape index (κ1) is 32.1. The first-order valence-corrected chi connectivity index (χ1v) is 13.7. The number of imide groups is 1. The van der Waals surface area contributed by atoms with Crippen LogP contribution in [-0.2, 0) is 14.3 Å². The van der Waals surface area contributed by atoms with E-state index in [2.05, 4.69) is 35.4 Å². The van der Waals surface area contributed by atoms with Crippen LogP contribution in [0.15, 0.2) is 65.8 Å². The highest BCUT2D eigenvalue weighted by atomic mass is 32.2. The lowest BCUT2D eigenvalue weighted by molar-refractivity contribution is -0.123. The minimum absolute atomic E-state index is 0.0610. The normalized spacial score (nSPS) is 17.8. The molecular formula is C28H27F3N6O6S. The monoisotopic (exact) mass is 632 g/mol. The van der Waals surface area contributed by atoms with Crippen molar-refractivity contribution in [2.45, 2.75) is 41.6 Å². The molecule has 5 amide bonds. The third kappa shape index (κ3) is 6.69. The van der Waals surface area contributed by atoms with E-state index >= 15 is 0 Å². The number of aromatic nitrogens is 2. The zero-order valence-electron chi connectivity index (χ0n) is 23.8. The molecule has 2 atom stereocenters. The molecule has 2 unspecified atom stereocenters. The summed E-state index contributed by atoms with van der Waals surface area (Å²) in [7, 11) is 2.37. The van der Waals surface area contributed by atoms with Gasteiger partial charge in [-0.1, -0.05) is 13.8 Å². The molecule has 3 heterocycles. The number of rotatable bonds is 8. The maximum absolute atomic E-state index is 14.4. The van der Waals surface area contributed by atoms with Gasteiger partial charge < -0.3 is 14.8 Å². The van der Waals surface area contributed by atoms with E-state index in [-0.39, 0.29) is 34.0 Å². The third-order valence-electron chi connectivity index (χ3n) is 7.17. The van der Waals surface area contributed by atoms with Crippen molar-refractivity contribution in [1.82, 2.24) is 15.3 Å². The van der Waals surface area contributed by atoms with Gasteiger partial charge in [0, 0.05) is 29.1 Å². The number of nitrogens with one attached hydrogen (secondary N) is 3. The molecule has 0 aliphatic carbocycles. The quantitative estimate of drug-likeness (QED) is 0.205. The first-order valence-electron chi connectivity index (χ1n) is 12.9. The zero-order valence-corrected chi connectivity index (χ0v) is 24.6. The SMILES string of the molecule is COC(=O)Nc1cc(C(C)C2(C(C)c3ccnc(NC(=O)OC)c3)NC(=O)N(c3ccc(SC(F)(F)F)cc3)C2=O)ccn1. The summed E-state index contributed by atoms with van der Waals surface area (Å²) in [4.78, 5) is 60.5. The second-order valence-corrected chi connectivity index (χ2v) is 10.7. The fourth-order valence-electron chi connectivity index (χ4n) is 4.96. The third-order valence-corrected chi connectivity index (χ3v) is 7.91. The molecule has 3 aromatic rings. The Balaban J connectivity index is 1.79. The number of nitrogens with zero attached hydrogens (tertiary/aromatic N) is 3. The molecule has 1 aliphatic heterocycles. The van der Waals surface area contributed by atoms with Crippen molar-refractivity contribution in [3.63, 3.8) is 0 Å². The summed E-state index contributed by atoms with van der Waals surface area (Å²) in [5, 5.41) is 7.77. The van der Waals surface area contributed by atoms with Gasteiger partial charge in [0.1, 0.15) is 17.2 Å². The van der Waals surface area contributed by atoms with E-state index in [0.29, 0.717) is 11.1 Å². The molecule has 2 aromatic heterocycles. The molecule has 1 fully saturated rings. The van der Waals surface area contributed by atoms with Crippen molar-refractivity contribution >= 4 is 53.2 Å². The zero-order chi connectivity index (χ0) is 32.2. The van der Waals surface area contributed by atoms with Gasteiger partial charge in [-0.05, 0) is 71.4 Å². The highest BCUT2D eigenvalue weighted by Gasteiger charge is 2.58. The van der Waals surface area contributed by atoms with Crippen LogP contribution in [0.5, 0.6) is 0 Å². The molecule has 3 N–H and O–H groups in total. The van der Waals surface area contributed by atoms with Crippen LogP contribution in [0.2, 0.25) is 0 Å². The number of ether oxygens (including phenoxy) is 2. The van der Waals surface area contributed by atoms with Crippen molar-refractivity contribution in [2.75, 3.05) is 29.8 Å². The van der Waals surface area contributed by atoms with E-state index in [1.54, 1.807) is 26.0 Å². The van der Waals surface area contributed by atoms with E-state index in [1.807, 2.05) is 0 Å². The van der Waals surface area contributed by atoms with E-state index < -0.39 is 47.0 Å². The predicted molar refractivity (Wildman–Crippen MR) is 154 cm³/mol. The van der Waals surface area contributed by atoms with Crippen LogP contribution in [0.3, 0.4) is 0 Å². The van der Waals surface area contributed by atoms with E-state index in [4.69, 9.17) is 0 Å². The summed E-state index contributed by atoms with van der Waals surface area (Å²) in [5.74, 6) is -1.97. The van der Waals surface area contributed by atoms with Gasteiger partial charge in [0.2, 0.25) is 0 Å². The summed E-state index contributed by atoms with van der Waals surface area (Å²) < 4.78 is 47.9. The number of amides is 5. The van der Waals surface area contributed by atoms with E-state index in [9.17, 15) is 32.3 Å². The molecular weight excluding hydrogens is 605 g/mol. The van der Waals surface area contributed by atoms with Gasteiger partial charge in [0.15, 0.2) is 0 Å². The van der Waals surface area contributed by atoms with Gasteiger partial charge >= 0.3 is 23.7 Å². The number of anilines is 3. The summed E-state index contributed by atoms with van der Waals surface area (Å²) in [6.45, 7) is 3.40. The maximum Gasteiger partial charge on any atom is 0.446 e. The van der Waals surface area contributed by atoms with Crippen LogP contribution in [0.25, 0.3) is 0 Å². The van der Waals surface area contributed by atoms with E-state index in [0.717, 1.165) is 4.90 Å². The van der Waals surface area contributed by atoms with Gasteiger partial charge in [0.25, 0.3) is 5.91 Å². The first-order chi connectivity index (χ1) is 20.8.